The smallest absolute Gasteiger partial charge is 0.124 e. The Bertz CT molecular complexity index is 181. The lowest BCUT2D eigenvalue weighted by Crippen LogP contribution is -1.96. The van der Waals surface area contributed by atoms with Gasteiger partial charge in [-0.2, -0.15) is 0 Å². The highest BCUT2D eigenvalue weighted by Gasteiger charge is 2.30. The van der Waals surface area contributed by atoms with Gasteiger partial charge in [0.05, 0.1) is 0 Å². The average Bonchev–Trinajstić information content (AvgIpc) is 2.50. The van der Waals surface area contributed by atoms with E-state index in [4.69, 9.17) is 0 Å². The Hall–Kier alpha value is -0.590. The van der Waals surface area contributed by atoms with Crippen LogP contribution in [0.5, 0.6) is 0 Å². The third kappa shape index (κ3) is 0.731. The molecule has 0 heterocycles. The summed E-state index contributed by atoms with van der Waals surface area (Å²) < 4.78 is 0. The highest BCUT2D eigenvalue weighted by molar-refractivity contribution is 5.56. The van der Waals surface area contributed by atoms with E-state index in [1.165, 1.54) is 31.3 Å². The van der Waals surface area contributed by atoms with E-state index in [0.29, 0.717) is 0 Å². The first-order chi connectivity index (χ1) is 4.92. The maximum Gasteiger partial charge on any atom is 0.124 e. The molecule has 0 aromatic heterocycles. The first-order valence-electron chi connectivity index (χ1n) is 4.06. The van der Waals surface area contributed by atoms with Crippen molar-refractivity contribution in [2.24, 2.45) is 5.92 Å². The van der Waals surface area contributed by atoms with E-state index in [9.17, 15) is 4.79 Å². The Morgan fingerprint density at radius 3 is 2.50 bits per heavy atom. The van der Waals surface area contributed by atoms with Gasteiger partial charge in [0.1, 0.15) is 6.29 Å². The molecule has 0 atom stereocenters. The standard InChI is InChI=1S/C9H12O/c10-6-5-9-7-1-2-8(9)4-3-7/h6-7H,1-5H2. The van der Waals surface area contributed by atoms with E-state index in [2.05, 4.69) is 0 Å². The Balaban J connectivity index is 2.17. The average molecular weight is 136 g/mol. The van der Waals surface area contributed by atoms with Crippen LogP contribution in [0, 0.1) is 5.92 Å². The van der Waals surface area contributed by atoms with Gasteiger partial charge < -0.3 is 4.79 Å². The second-order valence-electron chi connectivity index (χ2n) is 3.27. The monoisotopic (exact) mass is 136 g/mol. The summed E-state index contributed by atoms with van der Waals surface area (Å²) in [5.74, 6) is 0.806. The molecule has 0 aromatic carbocycles. The van der Waals surface area contributed by atoms with E-state index in [1.54, 1.807) is 5.57 Å². The lowest BCUT2D eigenvalue weighted by Gasteiger charge is -2.08. The molecule has 10 heavy (non-hydrogen) atoms. The largest absolute Gasteiger partial charge is 0.303 e. The van der Waals surface area contributed by atoms with E-state index in [0.717, 1.165) is 18.6 Å². The molecular weight excluding hydrogens is 124 g/mol. The van der Waals surface area contributed by atoms with Gasteiger partial charge in [-0.3, -0.25) is 0 Å². The first kappa shape index (κ1) is 6.14. The van der Waals surface area contributed by atoms with Crippen LogP contribution in [0.2, 0.25) is 0 Å². The molecule has 1 heteroatoms. The molecule has 0 unspecified atom stereocenters. The van der Waals surface area contributed by atoms with Crippen LogP contribution in [0.15, 0.2) is 11.1 Å². The van der Waals surface area contributed by atoms with Gasteiger partial charge in [0, 0.05) is 6.42 Å². The summed E-state index contributed by atoms with van der Waals surface area (Å²) >= 11 is 0. The molecule has 0 aromatic rings. The molecule has 2 aliphatic carbocycles. The van der Waals surface area contributed by atoms with Crippen molar-refractivity contribution >= 4 is 6.29 Å². The van der Waals surface area contributed by atoms with Gasteiger partial charge in [-0.25, -0.2) is 0 Å². The number of rotatable bonds is 2. The summed E-state index contributed by atoms with van der Waals surface area (Å²) in [5, 5.41) is 0. The van der Waals surface area contributed by atoms with Gasteiger partial charge in [0.2, 0.25) is 0 Å². The molecule has 2 bridgehead atoms. The molecule has 0 aliphatic heterocycles. The van der Waals surface area contributed by atoms with Crippen molar-refractivity contribution < 1.29 is 4.79 Å². The number of aldehydes is 1. The van der Waals surface area contributed by atoms with Gasteiger partial charge >= 0.3 is 0 Å². The van der Waals surface area contributed by atoms with Crippen molar-refractivity contribution in [1.29, 1.82) is 0 Å². The van der Waals surface area contributed by atoms with E-state index in [1.807, 2.05) is 0 Å². The summed E-state index contributed by atoms with van der Waals surface area (Å²) in [7, 11) is 0. The van der Waals surface area contributed by atoms with Crippen LogP contribution in [-0.4, -0.2) is 6.29 Å². The topological polar surface area (TPSA) is 17.1 Å². The van der Waals surface area contributed by atoms with Crippen molar-refractivity contribution in [3.63, 3.8) is 0 Å². The number of hydrogen-bond donors (Lipinski definition) is 0. The van der Waals surface area contributed by atoms with Crippen molar-refractivity contribution in [3.05, 3.63) is 11.1 Å². The molecule has 0 spiro atoms. The van der Waals surface area contributed by atoms with Crippen LogP contribution < -0.4 is 0 Å². The predicted molar refractivity (Wildman–Crippen MR) is 39.7 cm³/mol. The summed E-state index contributed by atoms with van der Waals surface area (Å²) in [6.07, 6.45) is 7.01. The highest BCUT2D eigenvalue weighted by Crippen LogP contribution is 2.45. The number of hydrogen-bond acceptors (Lipinski definition) is 1. The van der Waals surface area contributed by atoms with Crippen LogP contribution >= 0.6 is 0 Å². The predicted octanol–water partition coefficient (Wildman–Crippen LogP) is 2.08. The molecule has 0 fully saturated rings. The molecule has 0 saturated heterocycles. The Kier molecular flexibility index (Phi) is 1.37. The second-order valence-corrected chi connectivity index (χ2v) is 3.27. The fourth-order valence-electron chi connectivity index (χ4n) is 2.33. The Labute approximate surface area is 61.1 Å². The van der Waals surface area contributed by atoms with Crippen molar-refractivity contribution in [3.8, 4) is 0 Å². The maximum absolute atomic E-state index is 10.2. The third-order valence-electron chi connectivity index (χ3n) is 2.84. The lowest BCUT2D eigenvalue weighted by molar-refractivity contribution is -0.107. The van der Waals surface area contributed by atoms with E-state index in [-0.39, 0.29) is 0 Å². The van der Waals surface area contributed by atoms with E-state index < -0.39 is 0 Å². The van der Waals surface area contributed by atoms with Crippen LogP contribution in [0.3, 0.4) is 0 Å². The number of carbonyl (C=O) groups excluding carboxylic acids is 1. The van der Waals surface area contributed by atoms with Gasteiger partial charge in [-0.1, -0.05) is 11.1 Å². The fourth-order valence-corrected chi connectivity index (χ4v) is 2.33. The van der Waals surface area contributed by atoms with Gasteiger partial charge in [-0.15, -0.1) is 0 Å². The number of fused-ring (bicyclic) bond motifs is 1. The summed E-state index contributed by atoms with van der Waals surface area (Å²) in [4.78, 5) is 10.2. The molecule has 54 valence electrons. The minimum Gasteiger partial charge on any atom is -0.303 e. The zero-order valence-electron chi connectivity index (χ0n) is 6.10. The number of carbonyl (C=O) groups is 1. The molecule has 1 nitrogen and oxygen atoms in total. The van der Waals surface area contributed by atoms with Gasteiger partial charge in [0.15, 0.2) is 0 Å². The lowest BCUT2D eigenvalue weighted by atomic mass is 9.97. The van der Waals surface area contributed by atoms with Crippen molar-refractivity contribution in [2.45, 2.75) is 32.1 Å². The number of allylic oxidation sites excluding steroid dienone is 2. The summed E-state index contributed by atoms with van der Waals surface area (Å²) in [6, 6.07) is 0. The molecule has 0 saturated carbocycles. The fraction of sp³-hybridized carbons (Fsp3) is 0.667. The molecular formula is C9H12O. The quantitative estimate of drug-likeness (QED) is 0.419. The van der Waals surface area contributed by atoms with Crippen LogP contribution in [0.4, 0.5) is 0 Å². The van der Waals surface area contributed by atoms with Crippen LogP contribution in [0.1, 0.15) is 32.1 Å². The van der Waals surface area contributed by atoms with E-state index >= 15 is 0 Å². The zero-order chi connectivity index (χ0) is 6.97. The maximum atomic E-state index is 10.2. The molecule has 0 amide bonds. The zero-order valence-corrected chi connectivity index (χ0v) is 6.10. The first-order valence-corrected chi connectivity index (χ1v) is 4.06. The molecule has 2 rings (SSSR count). The Morgan fingerprint density at radius 2 is 2.10 bits per heavy atom. The second kappa shape index (κ2) is 2.22. The summed E-state index contributed by atoms with van der Waals surface area (Å²) in [5.41, 5.74) is 3.10. The van der Waals surface area contributed by atoms with Crippen LogP contribution in [0.25, 0.3) is 0 Å². The van der Waals surface area contributed by atoms with Crippen molar-refractivity contribution in [2.75, 3.05) is 0 Å². The van der Waals surface area contributed by atoms with Crippen molar-refractivity contribution in [1.82, 2.24) is 0 Å². The third-order valence-corrected chi connectivity index (χ3v) is 2.84. The van der Waals surface area contributed by atoms with Crippen LogP contribution in [-0.2, 0) is 4.79 Å². The van der Waals surface area contributed by atoms with Gasteiger partial charge in [-0.05, 0) is 31.6 Å². The molecule has 0 radical (unpaired) electrons. The SMILES string of the molecule is O=CCC1=C2CCC1CC2. The normalized spacial score (nSPS) is 24.4. The molecule has 2 aliphatic rings. The Morgan fingerprint density at radius 1 is 1.40 bits per heavy atom. The minimum absolute atomic E-state index is 0.722. The minimum atomic E-state index is 0.722. The van der Waals surface area contributed by atoms with Gasteiger partial charge in [0.25, 0.3) is 0 Å². The molecule has 0 N–H and O–H groups in total. The highest BCUT2D eigenvalue weighted by atomic mass is 16.1. The summed E-state index contributed by atoms with van der Waals surface area (Å²) in [6.45, 7) is 0.